The van der Waals surface area contributed by atoms with Crippen LogP contribution in [0.5, 0.6) is 0 Å². The molecule has 2 aliphatic rings. The summed E-state index contributed by atoms with van der Waals surface area (Å²) in [6.07, 6.45) is -1.52. The van der Waals surface area contributed by atoms with Crippen molar-refractivity contribution in [2.45, 2.75) is 45.3 Å². The topological polar surface area (TPSA) is 75.2 Å². The predicted octanol–water partition coefficient (Wildman–Crippen LogP) is 2.07. The lowest BCUT2D eigenvalue weighted by Gasteiger charge is -2.31. The number of aromatic nitrogens is 2. The van der Waals surface area contributed by atoms with Gasteiger partial charge in [0.25, 0.3) is 0 Å². The molecular weight excluding hydrogens is 349 g/mol. The zero-order chi connectivity index (χ0) is 18.9. The van der Waals surface area contributed by atoms with Crippen LogP contribution in [0.15, 0.2) is 6.07 Å². The first kappa shape index (κ1) is 18.6. The molecule has 0 spiro atoms. The van der Waals surface area contributed by atoms with Crippen LogP contribution in [0.3, 0.4) is 0 Å². The number of nitrogens with one attached hydrogen (secondary N) is 1. The normalized spacial score (nSPS) is 18.7. The highest BCUT2D eigenvalue weighted by atomic mass is 19.4. The number of nitrogens with zero attached hydrogens (tertiary/aromatic N) is 3. The van der Waals surface area contributed by atoms with Gasteiger partial charge in [-0.3, -0.25) is 9.59 Å². The summed E-state index contributed by atoms with van der Waals surface area (Å²) in [7, 11) is 0. The minimum atomic E-state index is -4.55. The number of aryl methyl sites for hydroxylation is 1. The van der Waals surface area contributed by atoms with Crippen molar-refractivity contribution < 1.29 is 22.8 Å². The number of hydrogen-bond acceptors (Lipinski definition) is 4. The molecule has 2 amide bonds. The Hall–Kier alpha value is -2.19. The first-order valence-corrected chi connectivity index (χ1v) is 8.72. The van der Waals surface area contributed by atoms with E-state index in [4.69, 9.17) is 0 Å². The smallest absolute Gasteiger partial charge is 0.349 e. The van der Waals surface area contributed by atoms with Gasteiger partial charge in [-0.05, 0) is 38.7 Å². The number of hydrogen-bond donors (Lipinski definition) is 1. The van der Waals surface area contributed by atoms with Crippen molar-refractivity contribution >= 4 is 11.8 Å². The maximum absolute atomic E-state index is 12.8. The lowest BCUT2D eigenvalue weighted by atomic mass is 9.95. The van der Waals surface area contributed by atoms with Crippen LogP contribution in [0.1, 0.15) is 42.9 Å². The van der Waals surface area contributed by atoms with Crippen molar-refractivity contribution in [2.24, 2.45) is 11.8 Å². The summed E-state index contributed by atoms with van der Waals surface area (Å²) in [6, 6.07) is 0.873. The number of alkyl halides is 3. The summed E-state index contributed by atoms with van der Waals surface area (Å²) in [5.74, 6) is -0.197. The van der Waals surface area contributed by atoms with Gasteiger partial charge in [0.05, 0.1) is 6.54 Å². The van der Waals surface area contributed by atoms with Gasteiger partial charge in [-0.1, -0.05) is 0 Å². The SMILES string of the molecule is Cc1cc(C(F)(F)F)nc(CNC(=O)C2CCN(C(=O)C3CC3)CC2)n1. The first-order valence-electron chi connectivity index (χ1n) is 8.72. The van der Waals surface area contributed by atoms with Gasteiger partial charge < -0.3 is 10.2 Å². The molecule has 2 fully saturated rings. The highest BCUT2D eigenvalue weighted by Crippen LogP contribution is 2.32. The number of halogens is 3. The lowest BCUT2D eigenvalue weighted by Crippen LogP contribution is -2.43. The molecule has 0 bridgehead atoms. The third-order valence-corrected chi connectivity index (χ3v) is 4.72. The first-order chi connectivity index (χ1) is 12.2. The molecule has 0 unspecified atom stereocenters. The van der Waals surface area contributed by atoms with Crippen LogP contribution in [0.2, 0.25) is 0 Å². The van der Waals surface area contributed by atoms with Gasteiger partial charge in [-0.25, -0.2) is 9.97 Å². The molecule has 1 saturated heterocycles. The summed E-state index contributed by atoms with van der Waals surface area (Å²) in [5, 5.41) is 2.62. The Kier molecular flexibility index (Phi) is 5.15. The van der Waals surface area contributed by atoms with E-state index in [9.17, 15) is 22.8 Å². The van der Waals surface area contributed by atoms with Crippen molar-refractivity contribution in [3.05, 3.63) is 23.3 Å². The van der Waals surface area contributed by atoms with E-state index in [0.717, 1.165) is 18.9 Å². The molecule has 142 valence electrons. The van der Waals surface area contributed by atoms with E-state index in [1.165, 1.54) is 6.92 Å². The number of carbonyl (C=O) groups is 2. The van der Waals surface area contributed by atoms with Gasteiger partial charge in [-0.2, -0.15) is 13.2 Å². The Morgan fingerprint density at radius 2 is 1.81 bits per heavy atom. The van der Waals surface area contributed by atoms with Crippen LogP contribution in [-0.2, 0) is 22.3 Å². The average Bonchev–Trinajstić information content (AvgIpc) is 3.43. The molecule has 1 aliphatic carbocycles. The van der Waals surface area contributed by atoms with Crippen molar-refractivity contribution in [1.29, 1.82) is 0 Å². The maximum Gasteiger partial charge on any atom is 0.433 e. The van der Waals surface area contributed by atoms with Crippen molar-refractivity contribution in [2.75, 3.05) is 13.1 Å². The quantitative estimate of drug-likeness (QED) is 0.880. The standard InChI is InChI=1S/C17H21F3N4O2/c1-10-8-13(17(18,19)20)23-14(22-10)9-21-15(25)11-4-6-24(7-5-11)16(26)12-2-3-12/h8,11-12H,2-7,9H2,1H3,(H,21,25). The van der Waals surface area contributed by atoms with Crippen LogP contribution in [0, 0.1) is 18.8 Å². The van der Waals surface area contributed by atoms with Gasteiger partial charge >= 0.3 is 6.18 Å². The molecule has 0 aromatic carbocycles. The summed E-state index contributed by atoms with van der Waals surface area (Å²) in [4.78, 5) is 33.5. The van der Waals surface area contributed by atoms with Crippen LogP contribution >= 0.6 is 0 Å². The summed E-state index contributed by atoms with van der Waals surface area (Å²) in [6.45, 7) is 2.40. The monoisotopic (exact) mass is 370 g/mol. The number of amides is 2. The van der Waals surface area contributed by atoms with E-state index in [2.05, 4.69) is 15.3 Å². The largest absolute Gasteiger partial charge is 0.433 e. The summed E-state index contributed by atoms with van der Waals surface area (Å²) < 4.78 is 38.4. The predicted molar refractivity (Wildman–Crippen MR) is 85.6 cm³/mol. The number of likely N-dealkylation sites (tertiary alicyclic amines) is 1. The van der Waals surface area contributed by atoms with Gasteiger partial charge in [-0.15, -0.1) is 0 Å². The third kappa shape index (κ3) is 4.50. The Bertz CT molecular complexity index is 696. The van der Waals surface area contributed by atoms with E-state index in [0.29, 0.717) is 25.9 Å². The van der Waals surface area contributed by atoms with Crippen LogP contribution in [-0.4, -0.2) is 39.8 Å². The highest BCUT2D eigenvalue weighted by molar-refractivity contribution is 5.82. The van der Waals surface area contributed by atoms with Crippen molar-refractivity contribution in [3.63, 3.8) is 0 Å². The molecule has 3 rings (SSSR count). The van der Waals surface area contributed by atoms with Crippen LogP contribution in [0.25, 0.3) is 0 Å². The molecular formula is C17H21F3N4O2. The second-order valence-electron chi connectivity index (χ2n) is 6.90. The van der Waals surface area contributed by atoms with Gasteiger partial charge in [0.15, 0.2) is 0 Å². The Balaban J connectivity index is 1.51. The van der Waals surface area contributed by atoms with Gasteiger partial charge in [0, 0.05) is 30.6 Å². The molecule has 1 aromatic heterocycles. The Morgan fingerprint density at radius 3 is 2.38 bits per heavy atom. The second kappa shape index (κ2) is 7.20. The Morgan fingerprint density at radius 1 is 1.15 bits per heavy atom. The fourth-order valence-electron chi connectivity index (χ4n) is 3.12. The van der Waals surface area contributed by atoms with E-state index < -0.39 is 11.9 Å². The summed E-state index contributed by atoms with van der Waals surface area (Å²) >= 11 is 0. The van der Waals surface area contributed by atoms with Crippen LogP contribution < -0.4 is 5.32 Å². The average molecular weight is 370 g/mol. The lowest BCUT2D eigenvalue weighted by molar-refractivity contribution is -0.141. The molecule has 6 nitrogen and oxygen atoms in total. The number of carbonyl (C=O) groups excluding carboxylic acids is 2. The molecule has 1 N–H and O–H groups in total. The Labute approximate surface area is 149 Å². The van der Waals surface area contributed by atoms with Gasteiger partial charge in [0.1, 0.15) is 11.5 Å². The number of piperidine rings is 1. The van der Waals surface area contributed by atoms with Crippen molar-refractivity contribution in [3.8, 4) is 0 Å². The molecule has 26 heavy (non-hydrogen) atoms. The minimum absolute atomic E-state index is 0.0629. The molecule has 1 aliphatic heterocycles. The molecule has 2 heterocycles. The second-order valence-corrected chi connectivity index (χ2v) is 6.90. The zero-order valence-electron chi connectivity index (χ0n) is 14.5. The number of rotatable bonds is 4. The van der Waals surface area contributed by atoms with E-state index in [1.54, 1.807) is 4.90 Å². The van der Waals surface area contributed by atoms with Crippen molar-refractivity contribution in [1.82, 2.24) is 20.2 Å². The fraction of sp³-hybridized carbons (Fsp3) is 0.647. The zero-order valence-corrected chi connectivity index (χ0v) is 14.5. The highest BCUT2D eigenvalue weighted by Gasteiger charge is 2.36. The minimum Gasteiger partial charge on any atom is -0.349 e. The molecule has 0 radical (unpaired) electrons. The van der Waals surface area contributed by atoms with E-state index >= 15 is 0 Å². The summed E-state index contributed by atoms with van der Waals surface area (Å²) in [5.41, 5.74) is -0.815. The van der Waals surface area contributed by atoms with E-state index in [-0.39, 0.29) is 41.7 Å². The molecule has 9 heteroatoms. The van der Waals surface area contributed by atoms with Crippen LogP contribution in [0.4, 0.5) is 13.2 Å². The molecule has 0 atom stereocenters. The van der Waals surface area contributed by atoms with Gasteiger partial charge in [0.2, 0.25) is 11.8 Å². The third-order valence-electron chi connectivity index (χ3n) is 4.72. The molecule has 1 saturated carbocycles. The molecule has 1 aromatic rings. The fourth-order valence-corrected chi connectivity index (χ4v) is 3.12. The maximum atomic E-state index is 12.8. The van der Waals surface area contributed by atoms with E-state index in [1.807, 2.05) is 0 Å².